The SMILES string of the molecule is CCCN1CCN(C(=O)[C@@H]2CCCN(Cc3nc4ccccc4n3-c3ccc(F)cc3)C2)CC1. The van der Waals surface area contributed by atoms with Gasteiger partial charge in [0.05, 0.1) is 23.5 Å². The van der Waals surface area contributed by atoms with Crippen LogP contribution in [-0.2, 0) is 11.3 Å². The van der Waals surface area contributed by atoms with Crippen LogP contribution in [0.4, 0.5) is 4.39 Å². The van der Waals surface area contributed by atoms with E-state index in [0.29, 0.717) is 12.5 Å². The first kappa shape index (κ1) is 23.0. The summed E-state index contributed by atoms with van der Waals surface area (Å²) in [5.41, 5.74) is 2.84. The molecule has 1 atom stereocenters. The number of para-hydroxylation sites is 2. The average molecular weight is 464 g/mol. The number of hydrogen-bond acceptors (Lipinski definition) is 4. The van der Waals surface area contributed by atoms with Crippen LogP contribution < -0.4 is 0 Å². The van der Waals surface area contributed by atoms with Crippen LogP contribution in [0.2, 0.25) is 0 Å². The number of likely N-dealkylation sites (tertiary alicyclic amines) is 1. The molecule has 0 spiro atoms. The molecule has 2 aromatic carbocycles. The van der Waals surface area contributed by atoms with E-state index >= 15 is 0 Å². The minimum absolute atomic E-state index is 0.0510. The van der Waals surface area contributed by atoms with E-state index in [1.807, 2.05) is 18.2 Å². The highest BCUT2D eigenvalue weighted by molar-refractivity contribution is 5.79. The molecule has 0 bridgehead atoms. The van der Waals surface area contributed by atoms with Crippen molar-refractivity contribution in [2.75, 3.05) is 45.8 Å². The van der Waals surface area contributed by atoms with Crippen LogP contribution >= 0.6 is 0 Å². The number of carbonyl (C=O) groups excluding carboxylic acids is 1. The normalized spacial score (nSPS) is 20.2. The molecule has 2 saturated heterocycles. The van der Waals surface area contributed by atoms with Gasteiger partial charge in [-0.3, -0.25) is 19.2 Å². The first-order valence-corrected chi connectivity index (χ1v) is 12.6. The van der Waals surface area contributed by atoms with Gasteiger partial charge in [-0.15, -0.1) is 0 Å². The number of imidazole rings is 1. The Kier molecular flexibility index (Phi) is 6.92. The topological polar surface area (TPSA) is 44.6 Å². The summed E-state index contributed by atoms with van der Waals surface area (Å²) in [6, 6.07) is 14.6. The third kappa shape index (κ3) is 4.86. The number of amides is 1. The van der Waals surface area contributed by atoms with Crippen molar-refractivity contribution >= 4 is 16.9 Å². The first-order valence-electron chi connectivity index (χ1n) is 12.6. The van der Waals surface area contributed by atoms with Crippen molar-refractivity contribution in [3.05, 3.63) is 60.2 Å². The zero-order chi connectivity index (χ0) is 23.5. The second kappa shape index (κ2) is 10.2. The smallest absolute Gasteiger partial charge is 0.227 e. The molecule has 180 valence electrons. The number of piperidine rings is 1. The summed E-state index contributed by atoms with van der Waals surface area (Å²) < 4.78 is 15.7. The van der Waals surface area contributed by atoms with Crippen molar-refractivity contribution in [2.24, 2.45) is 5.92 Å². The van der Waals surface area contributed by atoms with E-state index in [4.69, 9.17) is 4.98 Å². The first-order chi connectivity index (χ1) is 16.6. The Balaban J connectivity index is 1.31. The van der Waals surface area contributed by atoms with Gasteiger partial charge in [0.2, 0.25) is 5.91 Å². The minimum Gasteiger partial charge on any atom is -0.340 e. The maximum absolute atomic E-state index is 13.6. The van der Waals surface area contributed by atoms with Crippen LogP contribution in [0, 0.1) is 11.7 Å². The molecule has 0 aliphatic carbocycles. The van der Waals surface area contributed by atoms with Gasteiger partial charge in [0, 0.05) is 38.4 Å². The van der Waals surface area contributed by atoms with Crippen molar-refractivity contribution in [1.82, 2.24) is 24.3 Å². The lowest BCUT2D eigenvalue weighted by Gasteiger charge is -2.39. The van der Waals surface area contributed by atoms with Crippen molar-refractivity contribution in [1.29, 1.82) is 0 Å². The number of rotatable bonds is 6. The van der Waals surface area contributed by atoms with Gasteiger partial charge >= 0.3 is 0 Å². The molecule has 0 radical (unpaired) electrons. The molecule has 2 fully saturated rings. The van der Waals surface area contributed by atoms with E-state index in [9.17, 15) is 9.18 Å². The lowest BCUT2D eigenvalue weighted by atomic mass is 9.96. The number of benzene rings is 2. The summed E-state index contributed by atoms with van der Waals surface area (Å²) in [6.45, 7) is 9.37. The summed E-state index contributed by atoms with van der Waals surface area (Å²) in [6.07, 6.45) is 3.14. The number of nitrogens with zero attached hydrogens (tertiary/aromatic N) is 5. The van der Waals surface area contributed by atoms with Gasteiger partial charge in [-0.25, -0.2) is 9.37 Å². The molecule has 3 heterocycles. The highest BCUT2D eigenvalue weighted by Gasteiger charge is 2.31. The maximum atomic E-state index is 13.6. The van der Waals surface area contributed by atoms with Crippen molar-refractivity contribution in [3.8, 4) is 5.69 Å². The van der Waals surface area contributed by atoms with Crippen LogP contribution in [0.1, 0.15) is 32.0 Å². The highest BCUT2D eigenvalue weighted by atomic mass is 19.1. The zero-order valence-corrected chi connectivity index (χ0v) is 20.0. The number of fused-ring (bicyclic) bond motifs is 1. The molecule has 0 unspecified atom stereocenters. The van der Waals surface area contributed by atoms with Crippen molar-refractivity contribution in [3.63, 3.8) is 0 Å². The van der Waals surface area contributed by atoms with E-state index in [-0.39, 0.29) is 11.7 Å². The van der Waals surface area contributed by atoms with Crippen LogP contribution in [0.15, 0.2) is 48.5 Å². The number of hydrogen-bond donors (Lipinski definition) is 0. The number of piperazine rings is 1. The number of halogens is 1. The standard InChI is InChI=1S/C27H34FN5O/c1-2-13-30-15-17-32(18-16-30)27(34)21-6-5-14-31(19-21)20-26-29-24-7-3-4-8-25(24)33(26)23-11-9-22(28)10-12-23/h3-4,7-12,21H,2,5-6,13-20H2,1H3/t21-/m1/s1. The van der Waals surface area contributed by atoms with Crippen LogP contribution in [0.5, 0.6) is 0 Å². The van der Waals surface area contributed by atoms with Gasteiger partial charge in [-0.1, -0.05) is 19.1 Å². The van der Waals surface area contributed by atoms with E-state index in [2.05, 4.69) is 32.3 Å². The molecule has 3 aromatic rings. The van der Waals surface area contributed by atoms with Crippen LogP contribution in [-0.4, -0.2) is 76.0 Å². The molecule has 5 rings (SSSR count). The fourth-order valence-corrected chi connectivity index (χ4v) is 5.43. The monoisotopic (exact) mass is 463 g/mol. The van der Waals surface area contributed by atoms with E-state index < -0.39 is 0 Å². The number of carbonyl (C=O) groups is 1. The predicted molar refractivity (Wildman–Crippen MR) is 132 cm³/mol. The van der Waals surface area contributed by atoms with Crippen LogP contribution in [0.25, 0.3) is 16.7 Å². The summed E-state index contributed by atoms with van der Waals surface area (Å²) in [7, 11) is 0. The van der Waals surface area contributed by atoms with Gasteiger partial charge in [-0.2, -0.15) is 0 Å². The summed E-state index contributed by atoms with van der Waals surface area (Å²) >= 11 is 0. The summed E-state index contributed by atoms with van der Waals surface area (Å²) in [4.78, 5) is 25.1. The quantitative estimate of drug-likeness (QED) is 0.556. The molecule has 2 aliphatic heterocycles. The molecule has 1 amide bonds. The lowest BCUT2D eigenvalue weighted by Crippen LogP contribution is -2.52. The fourth-order valence-electron chi connectivity index (χ4n) is 5.43. The summed E-state index contributed by atoms with van der Waals surface area (Å²) in [5.74, 6) is 1.04. The Morgan fingerprint density at radius 2 is 1.76 bits per heavy atom. The molecule has 0 N–H and O–H groups in total. The second-order valence-corrected chi connectivity index (χ2v) is 9.57. The third-order valence-corrected chi connectivity index (χ3v) is 7.16. The Labute approximate surface area is 201 Å². The minimum atomic E-state index is -0.248. The van der Waals surface area contributed by atoms with E-state index in [1.54, 1.807) is 12.1 Å². The predicted octanol–water partition coefficient (Wildman–Crippen LogP) is 3.93. The molecule has 7 heteroatoms. The maximum Gasteiger partial charge on any atom is 0.227 e. The van der Waals surface area contributed by atoms with Crippen molar-refractivity contribution < 1.29 is 9.18 Å². The number of aromatic nitrogens is 2. The van der Waals surface area contributed by atoms with Gasteiger partial charge < -0.3 is 4.90 Å². The van der Waals surface area contributed by atoms with Crippen molar-refractivity contribution in [2.45, 2.75) is 32.7 Å². The van der Waals surface area contributed by atoms with Crippen LogP contribution in [0.3, 0.4) is 0 Å². The molecule has 2 aliphatic rings. The molecular weight excluding hydrogens is 429 g/mol. The second-order valence-electron chi connectivity index (χ2n) is 9.57. The van der Waals surface area contributed by atoms with Gasteiger partial charge in [0.25, 0.3) is 0 Å². The van der Waals surface area contributed by atoms with Gasteiger partial charge in [0.15, 0.2) is 0 Å². The zero-order valence-electron chi connectivity index (χ0n) is 20.0. The molecule has 1 aromatic heterocycles. The van der Waals surface area contributed by atoms with Gasteiger partial charge in [0.1, 0.15) is 11.6 Å². The molecule has 34 heavy (non-hydrogen) atoms. The van der Waals surface area contributed by atoms with E-state index in [0.717, 1.165) is 87.6 Å². The summed E-state index contributed by atoms with van der Waals surface area (Å²) in [5, 5.41) is 0. The Morgan fingerprint density at radius 1 is 1.00 bits per heavy atom. The largest absolute Gasteiger partial charge is 0.340 e. The molecular formula is C27H34FN5O. The fraction of sp³-hybridized carbons (Fsp3) is 0.481. The average Bonchev–Trinajstić information content (AvgIpc) is 3.23. The van der Waals surface area contributed by atoms with Gasteiger partial charge in [-0.05, 0) is 68.8 Å². The molecule has 6 nitrogen and oxygen atoms in total. The van der Waals surface area contributed by atoms with E-state index in [1.165, 1.54) is 12.1 Å². The third-order valence-electron chi connectivity index (χ3n) is 7.16. The Hall–Kier alpha value is -2.77. The Morgan fingerprint density at radius 3 is 2.53 bits per heavy atom. The highest BCUT2D eigenvalue weighted by Crippen LogP contribution is 2.26. The lowest BCUT2D eigenvalue weighted by molar-refractivity contribution is -0.139. The molecule has 0 saturated carbocycles. The Bertz CT molecular complexity index is 1120.